The van der Waals surface area contributed by atoms with Crippen molar-refractivity contribution in [3.05, 3.63) is 56.6 Å². The molecule has 0 saturated carbocycles. The molecule has 15 heteroatoms. The maximum absolute atomic E-state index is 13.5. The van der Waals surface area contributed by atoms with Crippen molar-refractivity contribution in [1.29, 1.82) is 0 Å². The molecule has 1 aliphatic heterocycles. The zero-order chi connectivity index (χ0) is 31.2. The number of anilines is 2. The lowest BCUT2D eigenvalue weighted by Crippen LogP contribution is -2.45. The van der Waals surface area contributed by atoms with Crippen molar-refractivity contribution in [2.75, 3.05) is 30.4 Å². The Bertz CT molecular complexity index is 1810. The van der Waals surface area contributed by atoms with Crippen molar-refractivity contribution < 1.29 is 24.2 Å². The fourth-order valence-corrected chi connectivity index (χ4v) is 5.54. The molecule has 0 spiro atoms. The van der Waals surface area contributed by atoms with Gasteiger partial charge < -0.3 is 35.1 Å². The summed E-state index contributed by atoms with van der Waals surface area (Å²) in [6, 6.07) is 4.42. The summed E-state index contributed by atoms with van der Waals surface area (Å²) >= 11 is 12.6. The smallest absolute Gasteiger partial charge is 0.300 e. The average molecular weight is 630 g/mol. The molecule has 0 aliphatic carbocycles. The normalized spacial score (nSPS) is 16.8. The first kappa shape index (κ1) is 30.1. The lowest BCUT2D eigenvalue weighted by molar-refractivity contribution is -0.116. The number of nitrogens with one attached hydrogen (secondary N) is 1. The third kappa shape index (κ3) is 5.83. The van der Waals surface area contributed by atoms with E-state index in [1.165, 1.54) is 47.8 Å². The van der Waals surface area contributed by atoms with Gasteiger partial charge in [-0.25, -0.2) is 4.98 Å². The number of primary amides is 1. The molecule has 0 bridgehead atoms. The minimum absolute atomic E-state index is 0.00944. The number of carbonyl (C=O) groups excluding carboxylic acids is 2. The summed E-state index contributed by atoms with van der Waals surface area (Å²) in [5, 5.41) is 13.3. The molecule has 2 atom stereocenters. The molecule has 0 unspecified atom stereocenters. The molecule has 2 amide bonds. The fraction of sp³-hybridized carbons (Fsp3) is 0.321. The number of aromatic nitrogens is 4. The van der Waals surface area contributed by atoms with Gasteiger partial charge in [0.05, 0.1) is 52.2 Å². The number of aromatic hydroxyl groups is 1. The number of hydrogen-bond donors (Lipinski definition) is 3. The summed E-state index contributed by atoms with van der Waals surface area (Å²) < 4.78 is 13.8. The summed E-state index contributed by atoms with van der Waals surface area (Å²) in [6.45, 7) is 4.95. The topological polar surface area (TPSA) is 167 Å². The quantitative estimate of drug-likeness (QED) is 0.278. The molecule has 4 aromatic rings. The number of rotatable bonds is 7. The number of pyridine rings is 1. The number of halogens is 2. The van der Waals surface area contributed by atoms with Gasteiger partial charge in [-0.05, 0) is 31.5 Å². The summed E-state index contributed by atoms with van der Waals surface area (Å²) in [6.07, 6.45) is 3.02. The van der Waals surface area contributed by atoms with E-state index in [4.69, 9.17) is 38.4 Å². The van der Waals surface area contributed by atoms with E-state index >= 15 is 0 Å². The molecule has 1 aromatic carbocycles. The van der Waals surface area contributed by atoms with Crippen molar-refractivity contribution in [3.63, 3.8) is 0 Å². The molecule has 1 fully saturated rings. The van der Waals surface area contributed by atoms with Crippen molar-refractivity contribution in [2.45, 2.75) is 32.6 Å². The minimum Gasteiger partial charge on any atom is -0.506 e. The summed E-state index contributed by atoms with van der Waals surface area (Å²) in [4.78, 5) is 49.7. The van der Waals surface area contributed by atoms with E-state index in [1.54, 1.807) is 6.07 Å². The van der Waals surface area contributed by atoms with Crippen LogP contribution in [0.25, 0.3) is 22.2 Å². The number of methoxy groups -OCH3 is 1. The van der Waals surface area contributed by atoms with Gasteiger partial charge in [-0.3, -0.25) is 19.0 Å². The molecule has 4 N–H and O–H groups in total. The first-order valence-electron chi connectivity index (χ1n) is 13.2. The number of amides is 2. The van der Waals surface area contributed by atoms with Crippen molar-refractivity contribution in [3.8, 4) is 22.9 Å². The van der Waals surface area contributed by atoms with Gasteiger partial charge in [0.25, 0.3) is 11.5 Å². The van der Waals surface area contributed by atoms with Gasteiger partial charge in [0.15, 0.2) is 5.65 Å². The Morgan fingerprint density at radius 3 is 2.53 bits per heavy atom. The highest BCUT2D eigenvalue weighted by Gasteiger charge is 2.25. The second kappa shape index (κ2) is 11.7. The van der Waals surface area contributed by atoms with Crippen LogP contribution in [-0.4, -0.2) is 68.4 Å². The van der Waals surface area contributed by atoms with E-state index in [0.29, 0.717) is 35.7 Å². The Balaban J connectivity index is 1.53. The van der Waals surface area contributed by atoms with Crippen LogP contribution < -0.4 is 26.2 Å². The SMILES string of the molecule is COc1nc2c(c(-c3cc(Cl)c(O)c(C(N)=O)c3)cn2CC(=O)Nc2cc(N3C[C@@H](C)O[C@@H](C)C3)ncc2Cl)c(=O)n1C. The van der Waals surface area contributed by atoms with Crippen molar-refractivity contribution in [2.24, 2.45) is 12.8 Å². The second-order valence-corrected chi connectivity index (χ2v) is 11.1. The molecule has 13 nitrogen and oxygen atoms in total. The van der Waals surface area contributed by atoms with E-state index < -0.39 is 23.1 Å². The number of ether oxygens (including phenoxy) is 2. The van der Waals surface area contributed by atoms with Crippen LogP contribution in [0.15, 0.2) is 35.4 Å². The van der Waals surface area contributed by atoms with Gasteiger partial charge in [-0.15, -0.1) is 0 Å². The monoisotopic (exact) mass is 629 g/mol. The number of fused-ring (bicyclic) bond motifs is 1. The number of phenols is 1. The van der Waals surface area contributed by atoms with Crippen LogP contribution in [0.2, 0.25) is 10.0 Å². The Morgan fingerprint density at radius 2 is 1.88 bits per heavy atom. The number of carbonyl (C=O) groups is 2. The highest BCUT2D eigenvalue weighted by Crippen LogP contribution is 2.36. The Morgan fingerprint density at radius 1 is 1.19 bits per heavy atom. The predicted octanol–water partition coefficient (Wildman–Crippen LogP) is 3.17. The highest BCUT2D eigenvalue weighted by molar-refractivity contribution is 6.34. The third-order valence-electron chi connectivity index (χ3n) is 7.05. The maximum atomic E-state index is 13.5. The molecule has 3 aromatic heterocycles. The zero-order valence-electron chi connectivity index (χ0n) is 23.7. The molecular formula is C28H29Cl2N7O6. The molecule has 226 valence electrons. The van der Waals surface area contributed by atoms with Crippen LogP contribution in [0.3, 0.4) is 0 Å². The Labute approximate surface area is 255 Å². The number of benzene rings is 1. The first-order valence-corrected chi connectivity index (χ1v) is 14.0. The van der Waals surface area contributed by atoms with Crippen LogP contribution in [0.5, 0.6) is 11.8 Å². The van der Waals surface area contributed by atoms with E-state index in [1.807, 2.05) is 13.8 Å². The summed E-state index contributed by atoms with van der Waals surface area (Å²) in [5.74, 6) is -1.22. The van der Waals surface area contributed by atoms with Gasteiger partial charge in [0.1, 0.15) is 18.1 Å². The van der Waals surface area contributed by atoms with Gasteiger partial charge in [-0.2, -0.15) is 4.98 Å². The summed E-state index contributed by atoms with van der Waals surface area (Å²) in [7, 11) is 2.85. The molecule has 5 rings (SSSR count). The van der Waals surface area contributed by atoms with Crippen LogP contribution >= 0.6 is 23.2 Å². The van der Waals surface area contributed by atoms with Crippen LogP contribution in [0.4, 0.5) is 11.5 Å². The number of nitrogens with zero attached hydrogens (tertiary/aromatic N) is 5. The Kier molecular flexibility index (Phi) is 8.23. The molecule has 1 aliphatic rings. The van der Waals surface area contributed by atoms with Crippen LogP contribution in [0.1, 0.15) is 24.2 Å². The number of nitrogens with two attached hydrogens (primary N) is 1. The molecule has 0 radical (unpaired) electrons. The zero-order valence-corrected chi connectivity index (χ0v) is 25.2. The lowest BCUT2D eigenvalue weighted by Gasteiger charge is -2.36. The number of morpholine rings is 1. The van der Waals surface area contributed by atoms with Gasteiger partial charge in [0, 0.05) is 38.0 Å². The highest BCUT2D eigenvalue weighted by atomic mass is 35.5. The van der Waals surface area contributed by atoms with Crippen LogP contribution in [0, 0.1) is 0 Å². The van der Waals surface area contributed by atoms with Gasteiger partial charge in [-0.1, -0.05) is 23.2 Å². The van der Waals surface area contributed by atoms with E-state index in [-0.39, 0.29) is 51.4 Å². The third-order valence-corrected chi connectivity index (χ3v) is 7.64. The van der Waals surface area contributed by atoms with Gasteiger partial charge >= 0.3 is 6.01 Å². The minimum atomic E-state index is -0.911. The fourth-order valence-electron chi connectivity index (χ4n) is 5.17. The van der Waals surface area contributed by atoms with E-state index in [2.05, 4.69) is 20.2 Å². The molecule has 43 heavy (non-hydrogen) atoms. The van der Waals surface area contributed by atoms with Crippen molar-refractivity contribution in [1.82, 2.24) is 19.1 Å². The molecule has 4 heterocycles. The maximum Gasteiger partial charge on any atom is 0.300 e. The van der Waals surface area contributed by atoms with Gasteiger partial charge in [0.2, 0.25) is 5.91 Å². The second-order valence-electron chi connectivity index (χ2n) is 10.3. The number of hydrogen-bond acceptors (Lipinski definition) is 9. The average Bonchev–Trinajstić information content (AvgIpc) is 3.30. The Hall–Kier alpha value is -4.33. The van der Waals surface area contributed by atoms with E-state index in [0.717, 1.165) is 0 Å². The van der Waals surface area contributed by atoms with E-state index in [9.17, 15) is 19.5 Å². The lowest BCUT2D eigenvalue weighted by atomic mass is 10.0. The van der Waals surface area contributed by atoms with Crippen molar-refractivity contribution >= 4 is 57.6 Å². The predicted molar refractivity (Wildman–Crippen MR) is 162 cm³/mol. The van der Waals surface area contributed by atoms with Crippen LogP contribution in [-0.2, 0) is 23.1 Å². The largest absolute Gasteiger partial charge is 0.506 e. The molecule has 1 saturated heterocycles. The molecular weight excluding hydrogens is 601 g/mol. The first-order chi connectivity index (χ1) is 20.4. The summed E-state index contributed by atoms with van der Waals surface area (Å²) in [5.41, 5.74) is 5.84. The standard InChI is InChI=1S/C28H29Cl2N7O6/c1-13-9-36(10-14(2)43-13)21-7-20(19(30)8-32-21)33-22(38)12-37-11-17(15-5-16(25(31)40)24(39)18(29)6-15)23-26(37)34-28(42-4)35(3)27(23)41/h5-8,11,13-14,39H,9-10,12H2,1-4H3,(H2,31,40)(H,32,33,38)/t13-,14+.